The van der Waals surface area contributed by atoms with Gasteiger partial charge in [0.05, 0.1) is 25.9 Å². The molecule has 0 fully saturated rings. The molecule has 0 saturated heterocycles. The lowest BCUT2D eigenvalue weighted by atomic mass is 10.4. The largest absolute Gasteiger partial charge is 0.480 e. The number of furan rings is 1. The number of amides is 1. The molecule has 9 heteroatoms. The Morgan fingerprint density at radius 2 is 2.20 bits per heavy atom. The summed E-state index contributed by atoms with van der Waals surface area (Å²) in [5.74, 6) is -0.899. The maximum Gasteiger partial charge on any atom is 0.317 e. The van der Waals surface area contributed by atoms with E-state index in [2.05, 4.69) is 10.1 Å². The average molecular weight is 280 g/mol. The molecule has 0 aliphatic carbocycles. The second-order valence-corrected chi connectivity index (χ2v) is 4.00. The summed E-state index contributed by atoms with van der Waals surface area (Å²) in [6, 6.07) is 3.32. The Morgan fingerprint density at radius 1 is 1.40 bits per heavy atom. The van der Waals surface area contributed by atoms with E-state index in [4.69, 9.17) is 19.8 Å². The fourth-order valence-corrected chi connectivity index (χ4v) is 1.60. The topological polar surface area (TPSA) is 136 Å². The van der Waals surface area contributed by atoms with Crippen LogP contribution in [0.4, 0.5) is 0 Å². The Bertz CT molecular complexity index is 576. The fourth-order valence-electron chi connectivity index (χ4n) is 1.60. The zero-order chi connectivity index (χ0) is 14.5. The predicted molar refractivity (Wildman–Crippen MR) is 64.1 cm³/mol. The molecule has 0 aliphatic rings. The number of carbonyl (C=O) groups excluding carboxylic acids is 1. The minimum absolute atomic E-state index is 0.0272. The zero-order valence-electron chi connectivity index (χ0n) is 10.4. The number of nitrogens with two attached hydrogens (primary N) is 1. The molecule has 0 aromatic carbocycles. The Morgan fingerprint density at radius 3 is 2.80 bits per heavy atom. The van der Waals surface area contributed by atoms with Crippen molar-refractivity contribution in [1.29, 1.82) is 0 Å². The molecule has 9 nitrogen and oxygen atoms in total. The van der Waals surface area contributed by atoms with E-state index in [0.29, 0.717) is 5.76 Å². The van der Waals surface area contributed by atoms with Crippen LogP contribution in [0.3, 0.4) is 0 Å². The van der Waals surface area contributed by atoms with Crippen LogP contribution in [-0.2, 0) is 16.1 Å². The second kappa shape index (κ2) is 5.97. The van der Waals surface area contributed by atoms with Gasteiger partial charge in [0.2, 0.25) is 5.91 Å². The van der Waals surface area contributed by atoms with Gasteiger partial charge in [-0.2, -0.15) is 4.98 Å². The summed E-state index contributed by atoms with van der Waals surface area (Å²) in [6.07, 6.45) is 1.46. The van der Waals surface area contributed by atoms with Gasteiger partial charge in [-0.25, -0.2) is 0 Å². The van der Waals surface area contributed by atoms with Crippen LogP contribution in [0, 0.1) is 0 Å². The number of rotatable bonds is 7. The normalized spacial score (nSPS) is 10.8. The van der Waals surface area contributed by atoms with E-state index in [1.807, 2.05) is 0 Å². The summed E-state index contributed by atoms with van der Waals surface area (Å²) in [4.78, 5) is 26.9. The molecule has 2 heterocycles. The van der Waals surface area contributed by atoms with Gasteiger partial charge in [0.1, 0.15) is 0 Å². The van der Waals surface area contributed by atoms with Crippen LogP contribution in [0.15, 0.2) is 27.3 Å². The van der Waals surface area contributed by atoms with Gasteiger partial charge >= 0.3 is 5.97 Å². The molecule has 20 heavy (non-hydrogen) atoms. The molecule has 0 radical (unpaired) electrons. The maximum absolute atomic E-state index is 10.9. The number of aromatic nitrogens is 2. The molecule has 2 aromatic rings. The number of carbonyl (C=O) groups is 2. The van der Waals surface area contributed by atoms with Crippen molar-refractivity contribution < 1.29 is 23.6 Å². The SMILES string of the molecule is NC(=O)CN(CC(=O)O)Cc1noc(-c2ccco2)n1. The molecule has 2 aromatic heterocycles. The lowest BCUT2D eigenvalue weighted by molar-refractivity contribution is -0.138. The van der Waals surface area contributed by atoms with E-state index >= 15 is 0 Å². The van der Waals surface area contributed by atoms with E-state index in [1.165, 1.54) is 11.2 Å². The van der Waals surface area contributed by atoms with Crippen molar-refractivity contribution >= 4 is 11.9 Å². The maximum atomic E-state index is 10.9. The molecular formula is C11H12N4O5. The van der Waals surface area contributed by atoms with Crippen molar-refractivity contribution in [3.63, 3.8) is 0 Å². The van der Waals surface area contributed by atoms with Crippen molar-refractivity contribution in [1.82, 2.24) is 15.0 Å². The van der Waals surface area contributed by atoms with Gasteiger partial charge in [-0.05, 0) is 12.1 Å². The number of hydrogen-bond acceptors (Lipinski definition) is 7. The summed E-state index contributed by atoms with van der Waals surface area (Å²) < 4.78 is 10.1. The first-order valence-electron chi connectivity index (χ1n) is 5.63. The van der Waals surface area contributed by atoms with Crippen molar-refractivity contribution in [2.24, 2.45) is 5.73 Å². The molecular weight excluding hydrogens is 268 g/mol. The van der Waals surface area contributed by atoms with E-state index in [9.17, 15) is 9.59 Å². The third-order valence-corrected chi connectivity index (χ3v) is 2.30. The molecule has 0 spiro atoms. The molecule has 0 saturated carbocycles. The quantitative estimate of drug-likeness (QED) is 0.705. The van der Waals surface area contributed by atoms with Crippen LogP contribution in [0.2, 0.25) is 0 Å². The summed E-state index contributed by atoms with van der Waals surface area (Å²) in [7, 11) is 0. The van der Waals surface area contributed by atoms with Crippen LogP contribution in [0.1, 0.15) is 5.82 Å². The Hall–Kier alpha value is -2.68. The first-order chi connectivity index (χ1) is 9.54. The number of hydrogen-bond donors (Lipinski definition) is 2. The van der Waals surface area contributed by atoms with Crippen molar-refractivity contribution in [2.75, 3.05) is 13.1 Å². The smallest absolute Gasteiger partial charge is 0.317 e. The van der Waals surface area contributed by atoms with Gasteiger partial charge in [-0.1, -0.05) is 5.16 Å². The highest BCUT2D eigenvalue weighted by Crippen LogP contribution is 2.17. The molecule has 2 rings (SSSR count). The van der Waals surface area contributed by atoms with Gasteiger partial charge in [-0.3, -0.25) is 14.5 Å². The van der Waals surface area contributed by atoms with Gasteiger partial charge in [0.15, 0.2) is 11.6 Å². The fraction of sp³-hybridized carbons (Fsp3) is 0.273. The third-order valence-electron chi connectivity index (χ3n) is 2.30. The molecule has 1 amide bonds. The first kappa shape index (κ1) is 13.7. The lowest BCUT2D eigenvalue weighted by Crippen LogP contribution is -2.37. The van der Waals surface area contributed by atoms with E-state index < -0.39 is 11.9 Å². The number of primary amides is 1. The minimum atomic E-state index is -1.08. The zero-order valence-corrected chi connectivity index (χ0v) is 10.4. The standard InChI is InChI=1S/C11H12N4O5/c12-8(16)4-15(6-10(17)18)5-9-13-11(20-14-9)7-2-1-3-19-7/h1-3H,4-6H2,(H2,12,16)(H,17,18). The Labute approximate surface area is 113 Å². The van der Waals surface area contributed by atoms with Crippen LogP contribution < -0.4 is 5.73 Å². The van der Waals surface area contributed by atoms with E-state index in [0.717, 1.165) is 0 Å². The number of aliphatic carboxylic acids is 1. The van der Waals surface area contributed by atoms with Crippen molar-refractivity contribution in [3.05, 3.63) is 24.2 Å². The summed E-state index contributed by atoms with van der Waals surface area (Å²) >= 11 is 0. The molecule has 0 atom stereocenters. The second-order valence-electron chi connectivity index (χ2n) is 4.00. The predicted octanol–water partition coefficient (Wildman–Crippen LogP) is -0.298. The number of carboxylic acid groups (broad SMARTS) is 1. The lowest BCUT2D eigenvalue weighted by Gasteiger charge is -2.15. The Balaban J connectivity index is 2.06. The molecule has 0 aliphatic heterocycles. The summed E-state index contributed by atoms with van der Waals surface area (Å²) in [5.41, 5.74) is 5.05. The summed E-state index contributed by atoms with van der Waals surface area (Å²) in [6.45, 7) is -0.538. The third kappa shape index (κ3) is 3.65. The molecule has 0 bridgehead atoms. The highest BCUT2D eigenvalue weighted by molar-refractivity contribution is 5.77. The summed E-state index contributed by atoms with van der Waals surface area (Å²) in [5, 5.41) is 12.5. The van der Waals surface area contributed by atoms with Crippen LogP contribution in [0.5, 0.6) is 0 Å². The van der Waals surface area contributed by atoms with Crippen molar-refractivity contribution in [2.45, 2.75) is 6.54 Å². The van der Waals surface area contributed by atoms with Crippen LogP contribution >= 0.6 is 0 Å². The van der Waals surface area contributed by atoms with E-state index in [1.54, 1.807) is 12.1 Å². The number of nitrogens with zero attached hydrogens (tertiary/aromatic N) is 3. The van der Waals surface area contributed by atoms with Gasteiger partial charge in [0, 0.05) is 0 Å². The molecule has 3 N–H and O–H groups in total. The Kier molecular flexibility index (Phi) is 4.11. The molecule has 106 valence electrons. The average Bonchev–Trinajstić information content (AvgIpc) is 2.95. The van der Waals surface area contributed by atoms with Crippen LogP contribution in [0.25, 0.3) is 11.7 Å². The first-order valence-corrected chi connectivity index (χ1v) is 5.63. The van der Waals surface area contributed by atoms with Gasteiger partial charge in [0.25, 0.3) is 5.89 Å². The van der Waals surface area contributed by atoms with Gasteiger partial charge in [-0.15, -0.1) is 0 Å². The minimum Gasteiger partial charge on any atom is -0.480 e. The van der Waals surface area contributed by atoms with Gasteiger partial charge < -0.3 is 19.8 Å². The monoisotopic (exact) mass is 280 g/mol. The highest BCUT2D eigenvalue weighted by Gasteiger charge is 2.17. The highest BCUT2D eigenvalue weighted by atomic mass is 16.5. The molecule has 0 unspecified atom stereocenters. The van der Waals surface area contributed by atoms with E-state index in [-0.39, 0.29) is 31.3 Å². The van der Waals surface area contributed by atoms with Crippen molar-refractivity contribution in [3.8, 4) is 11.7 Å². The number of carboxylic acids is 1. The van der Waals surface area contributed by atoms with Crippen LogP contribution in [-0.4, -0.2) is 45.1 Å².